The summed E-state index contributed by atoms with van der Waals surface area (Å²) in [4.78, 5) is 17.2. The molecule has 0 radical (unpaired) electrons. The molecule has 2 heterocycles. The Labute approximate surface area is 193 Å². The number of nitrogens with one attached hydrogen (secondary N) is 1. The number of Topliss-reactive ketones (excluding diaryl/α,β-unsaturated/α-hetero) is 1. The average Bonchev–Trinajstić information content (AvgIpc) is 3.07. The van der Waals surface area contributed by atoms with Crippen LogP contribution in [0.25, 0.3) is 0 Å². The maximum absolute atomic E-state index is 13.1. The van der Waals surface area contributed by atoms with Crippen LogP contribution in [0.15, 0.2) is 55.3 Å². The highest BCUT2D eigenvalue weighted by molar-refractivity contribution is 7.71. The minimum absolute atomic E-state index is 0.0868. The molecule has 0 saturated carbocycles. The van der Waals surface area contributed by atoms with Crippen molar-refractivity contribution in [3.05, 3.63) is 71.1 Å². The molecule has 3 rings (SSSR count). The number of aromatic nitrogens is 3. The summed E-state index contributed by atoms with van der Waals surface area (Å²) in [6.07, 6.45) is -1.26. The van der Waals surface area contributed by atoms with Crippen LogP contribution < -0.4 is 14.8 Å². The molecule has 33 heavy (non-hydrogen) atoms. The van der Waals surface area contributed by atoms with E-state index in [2.05, 4.69) is 16.9 Å². The molecule has 0 bridgehead atoms. The molecule has 0 spiro atoms. The van der Waals surface area contributed by atoms with Gasteiger partial charge in [-0.15, -0.1) is 6.58 Å². The number of carbonyl (C=O) groups is 1. The summed E-state index contributed by atoms with van der Waals surface area (Å²) in [5.74, 6) is 0.351. The Bertz CT molecular complexity index is 1230. The second-order valence-electron chi connectivity index (χ2n) is 6.86. The highest BCUT2D eigenvalue weighted by Crippen LogP contribution is 2.31. The molecule has 11 heteroatoms. The van der Waals surface area contributed by atoms with E-state index >= 15 is 0 Å². The standard InChI is InChI=1S/C22H21F3N4O3S/c1-4-10-28-13-18(26-15-7-5-6-14(11-15)22(23,24)25)29(21(28)33)12-17(30)16-8-9-19(31-2)27-20(16)32-3/h4-9,11,13,26H,1,10,12H2,2-3H3. The number of benzene rings is 1. The lowest BCUT2D eigenvalue weighted by Gasteiger charge is -2.13. The quantitative estimate of drug-likeness (QED) is 0.257. The summed E-state index contributed by atoms with van der Waals surface area (Å²) in [6, 6.07) is 7.80. The van der Waals surface area contributed by atoms with Gasteiger partial charge in [-0.3, -0.25) is 9.36 Å². The van der Waals surface area contributed by atoms with Gasteiger partial charge < -0.3 is 19.4 Å². The predicted octanol–water partition coefficient (Wildman–Crippen LogP) is 5.26. The number of ether oxygens (including phenoxy) is 2. The third-order valence-corrected chi connectivity index (χ3v) is 5.13. The number of rotatable bonds is 9. The van der Waals surface area contributed by atoms with Crippen LogP contribution in [0.4, 0.5) is 24.7 Å². The molecule has 0 saturated heterocycles. The van der Waals surface area contributed by atoms with E-state index in [1.807, 2.05) is 0 Å². The average molecular weight is 478 g/mol. The van der Waals surface area contributed by atoms with E-state index in [1.165, 1.54) is 43.1 Å². The number of ketones is 1. The number of hydrogen-bond donors (Lipinski definition) is 1. The Morgan fingerprint density at radius 2 is 2.00 bits per heavy atom. The van der Waals surface area contributed by atoms with Crippen molar-refractivity contribution in [2.45, 2.75) is 19.3 Å². The lowest BCUT2D eigenvalue weighted by molar-refractivity contribution is -0.137. The first-order chi connectivity index (χ1) is 15.7. The van der Waals surface area contributed by atoms with Crippen LogP contribution >= 0.6 is 12.2 Å². The van der Waals surface area contributed by atoms with Crippen molar-refractivity contribution < 1.29 is 27.4 Å². The summed E-state index contributed by atoms with van der Waals surface area (Å²) in [5, 5.41) is 2.93. The molecule has 0 unspecified atom stereocenters. The first-order valence-electron chi connectivity index (χ1n) is 9.65. The second kappa shape index (κ2) is 9.90. The van der Waals surface area contributed by atoms with Gasteiger partial charge in [-0.2, -0.15) is 18.2 Å². The van der Waals surface area contributed by atoms with Crippen LogP contribution in [-0.2, 0) is 19.3 Å². The van der Waals surface area contributed by atoms with E-state index < -0.39 is 11.7 Å². The van der Waals surface area contributed by atoms with E-state index in [-0.39, 0.29) is 40.1 Å². The predicted molar refractivity (Wildman–Crippen MR) is 120 cm³/mol. The smallest absolute Gasteiger partial charge is 0.416 e. The van der Waals surface area contributed by atoms with Gasteiger partial charge in [-0.25, -0.2) is 0 Å². The Morgan fingerprint density at radius 3 is 2.64 bits per heavy atom. The van der Waals surface area contributed by atoms with Crippen molar-refractivity contribution in [1.29, 1.82) is 0 Å². The zero-order chi connectivity index (χ0) is 24.2. The van der Waals surface area contributed by atoms with Gasteiger partial charge in [0.25, 0.3) is 0 Å². The number of alkyl halides is 3. The van der Waals surface area contributed by atoms with E-state index in [4.69, 9.17) is 21.7 Å². The number of allylic oxidation sites excluding steroid dienone is 1. The van der Waals surface area contributed by atoms with Crippen LogP contribution in [0, 0.1) is 4.77 Å². The second-order valence-corrected chi connectivity index (χ2v) is 7.23. The van der Waals surface area contributed by atoms with Crippen molar-refractivity contribution in [2.75, 3.05) is 19.5 Å². The Balaban J connectivity index is 1.98. The fourth-order valence-corrected chi connectivity index (χ4v) is 3.40. The van der Waals surface area contributed by atoms with Gasteiger partial charge in [0.05, 0.1) is 31.9 Å². The molecule has 0 aliphatic rings. The Morgan fingerprint density at radius 1 is 1.24 bits per heavy atom. The SMILES string of the molecule is C=CCn1cc(Nc2cccc(C(F)(F)F)c2)n(CC(=O)c2ccc(OC)nc2OC)c1=S. The number of anilines is 2. The van der Waals surface area contributed by atoms with E-state index in [0.717, 1.165) is 12.1 Å². The number of nitrogens with zero attached hydrogens (tertiary/aromatic N) is 3. The fourth-order valence-electron chi connectivity index (χ4n) is 3.11. The highest BCUT2D eigenvalue weighted by atomic mass is 32.1. The molecule has 1 N–H and O–H groups in total. The maximum atomic E-state index is 13.1. The van der Waals surface area contributed by atoms with Crippen LogP contribution in [-0.4, -0.2) is 34.1 Å². The zero-order valence-electron chi connectivity index (χ0n) is 17.8. The van der Waals surface area contributed by atoms with Gasteiger partial charge in [-0.05, 0) is 36.5 Å². The normalized spacial score (nSPS) is 11.2. The summed E-state index contributed by atoms with van der Waals surface area (Å²) in [6.45, 7) is 3.83. The van der Waals surface area contributed by atoms with Gasteiger partial charge in [0.15, 0.2) is 10.6 Å². The summed E-state index contributed by atoms with van der Waals surface area (Å²) in [7, 11) is 2.82. The summed E-state index contributed by atoms with van der Waals surface area (Å²) < 4.78 is 53.0. The van der Waals surface area contributed by atoms with Crippen LogP contribution in [0.5, 0.6) is 11.8 Å². The van der Waals surface area contributed by atoms with Gasteiger partial charge >= 0.3 is 6.18 Å². The molecule has 2 aromatic heterocycles. The van der Waals surface area contributed by atoms with Gasteiger partial charge in [-0.1, -0.05) is 12.1 Å². The Kier molecular flexibility index (Phi) is 7.22. The summed E-state index contributed by atoms with van der Waals surface area (Å²) in [5.41, 5.74) is -0.393. The molecule has 7 nitrogen and oxygen atoms in total. The Hall–Kier alpha value is -3.60. The molecular weight excluding hydrogens is 457 g/mol. The summed E-state index contributed by atoms with van der Waals surface area (Å²) >= 11 is 5.49. The molecule has 0 atom stereocenters. The number of carbonyl (C=O) groups excluding carboxylic acids is 1. The van der Waals surface area contributed by atoms with Crippen molar-refractivity contribution in [1.82, 2.24) is 14.1 Å². The monoisotopic (exact) mass is 478 g/mol. The number of pyridine rings is 1. The minimum atomic E-state index is -4.49. The molecule has 174 valence electrons. The first kappa shape index (κ1) is 24.1. The van der Waals surface area contributed by atoms with Crippen LogP contribution in [0.3, 0.4) is 0 Å². The van der Waals surface area contributed by atoms with Crippen molar-refractivity contribution in [3.63, 3.8) is 0 Å². The van der Waals surface area contributed by atoms with Crippen LogP contribution in [0.2, 0.25) is 0 Å². The number of hydrogen-bond acceptors (Lipinski definition) is 6. The lowest BCUT2D eigenvalue weighted by atomic mass is 10.1. The van der Waals surface area contributed by atoms with Crippen molar-refractivity contribution >= 4 is 29.5 Å². The zero-order valence-corrected chi connectivity index (χ0v) is 18.7. The van der Waals surface area contributed by atoms with E-state index in [1.54, 1.807) is 16.8 Å². The van der Waals surface area contributed by atoms with Crippen molar-refractivity contribution in [2.24, 2.45) is 0 Å². The maximum Gasteiger partial charge on any atom is 0.416 e. The van der Waals surface area contributed by atoms with E-state index in [0.29, 0.717) is 12.4 Å². The number of methoxy groups -OCH3 is 2. The van der Waals surface area contributed by atoms with Gasteiger partial charge in [0.2, 0.25) is 11.8 Å². The highest BCUT2D eigenvalue weighted by Gasteiger charge is 2.30. The minimum Gasteiger partial charge on any atom is -0.481 e. The molecule has 0 amide bonds. The van der Waals surface area contributed by atoms with Gasteiger partial charge in [0, 0.05) is 24.5 Å². The van der Waals surface area contributed by atoms with E-state index in [9.17, 15) is 18.0 Å². The molecular formula is C22H21F3N4O3S. The molecule has 0 fully saturated rings. The third-order valence-electron chi connectivity index (χ3n) is 4.67. The number of imidazole rings is 1. The van der Waals surface area contributed by atoms with Gasteiger partial charge in [0.1, 0.15) is 5.82 Å². The fraction of sp³-hybridized carbons (Fsp3) is 0.227. The lowest BCUT2D eigenvalue weighted by Crippen LogP contribution is -2.15. The first-order valence-corrected chi connectivity index (χ1v) is 10.1. The molecule has 1 aromatic carbocycles. The molecule has 0 aliphatic heterocycles. The number of halogens is 3. The van der Waals surface area contributed by atoms with Crippen molar-refractivity contribution in [3.8, 4) is 11.8 Å². The molecule has 3 aromatic rings. The topological polar surface area (TPSA) is 70.3 Å². The molecule has 0 aliphatic carbocycles. The van der Waals surface area contributed by atoms with Crippen LogP contribution in [0.1, 0.15) is 15.9 Å². The largest absolute Gasteiger partial charge is 0.481 e. The third kappa shape index (κ3) is 5.43.